The van der Waals surface area contributed by atoms with E-state index >= 15 is 0 Å². The van der Waals surface area contributed by atoms with Crippen molar-refractivity contribution >= 4 is 5.69 Å². The molecule has 0 saturated carbocycles. The second kappa shape index (κ2) is 6.35. The van der Waals surface area contributed by atoms with E-state index in [2.05, 4.69) is 0 Å². The number of ether oxygens (including phenoxy) is 2. The standard InChI is InChI=1S/C12H20N2O2/c1-14(2)10-5-4-6-11(7-10)16-12(8-13)9-15-3/h4-7,12H,8-9,13H2,1-3H3. The van der Waals surface area contributed by atoms with Gasteiger partial charge in [-0.3, -0.25) is 0 Å². The summed E-state index contributed by atoms with van der Waals surface area (Å²) in [5, 5.41) is 0. The molecule has 2 N–H and O–H groups in total. The third kappa shape index (κ3) is 3.72. The van der Waals surface area contributed by atoms with E-state index in [1.165, 1.54) is 0 Å². The Morgan fingerprint density at radius 1 is 1.38 bits per heavy atom. The molecule has 0 saturated heterocycles. The van der Waals surface area contributed by atoms with Gasteiger partial charge in [-0.1, -0.05) is 6.07 Å². The van der Waals surface area contributed by atoms with E-state index in [0.717, 1.165) is 11.4 Å². The van der Waals surface area contributed by atoms with Crippen LogP contribution in [0.4, 0.5) is 5.69 Å². The Morgan fingerprint density at radius 3 is 2.69 bits per heavy atom. The molecular weight excluding hydrogens is 204 g/mol. The van der Waals surface area contributed by atoms with Gasteiger partial charge in [-0.15, -0.1) is 0 Å². The van der Waals surface area contributed by atoms with Crippen molar-refractivity contribution in [3.63, 3.8) is 0 Å². The highest BCUT2D eigenvalue weighted by molar-refractivity contribution is 5.49. The smallest absolute Gasteiger partial charge is 0.134 e. The van der Waals surface area contributed by atoms with Gasteiger partial charge in [0, 0.05) is 39.5 Å². The molecule has 4 heteroatoms. The summed E-state index contributed by atoms with van der Waals surface area (Å²) in [6.45, 7) is 0.947. The van der Waals surface area contributed by atoms with Crippen molar-refractivity contribution in [1.82, 2.24) is 0 Å². The third-order valence-corrected chi connectivity index (χ3v) is 2.25. The predicted molar refractivity (Wildman–Crippen MR) is 66.1 cm³/mol. The highest BCUT2D eigenvalue weighted by Gasteiger charge is 2.08. The lowest BCUT2D eigenvalue weighted by molar-refractivity contribution is 0.0861. The summed E-state index contributed by atoms with van der Waals surface area (Å²) >= 11 is 0. The zero-order valence-electron chi connectivity index (χ0n) is 10.1. The lowest BCUT2D eigenvalue weighted by Gasteiger charge is -2.18. The van der Waals surface area contributed by atoms with Crippen LogP contribution in [-0.2, 0) is 4.74 Å². The van der Waals surface area contributed by atoms with E-state index in [4.69, 9.17) is 15.2 Å². The molecule has 0 aliphatic rings. The van der Waals surface area contributed by atoms with Crippen LogP contribution < -0.4 is 15.4 Å². The van der Waals surface area contributed by atoms with Crippen LogP contribution in [0.5, 0.6) is 5.75 Å². The van der Waals surface area contributed by atoms with Gasteiger partial charge in [0.15, 0.2) is 0 Å². The zero-order valence-corrected chi connectivity index (χ0v) is 10.1. The molecule has 1 unspecified atom stereocenters. The van der Waals surface area contributed by atoms with Gasteiger partial charge >= 0.3 is 0 Å². The van der Waals surface area contributed by atoms with Crippen LogP contribution in [0.25, 0.3) is 0 Å². The van der Waals surface area contributed by atoms with E-state index in [0.29, 0.717) is 13.2 Å². The first kappa shape index (κ1) is 12.8. The van der Waals surface area contributed by atoms with E-state index in [1.807, 2.05) is 43.3 Å². The maximum atomic E-state index is 5.72. The summed E-state index contributed by atoms with van der Waals surface area (Å²) in [6, 6.07) is 7.90. The molecule has 1 aromatic rings. The van der Waals surface area contributed by atoms with Crippen molar-refractivity contribution in [1.29, 1.82) is 0 Å². The molecule has 0 aliphatic carbocycles. The molecule has 0 heterocycles. The topological polar surface area (TPSA) is 47.7 Å². The molecule has 90 valence electrons. The summed E-state index contributed by atoms with van der Waals surface area (Å²) in [4.78, 5) is 2.03. The first-order valence-electron chi connectivity index (χ1n) is 5.30. The molecule has 0 radical (unpaired) electrons. The van der Waals surface area contributed by atoms with Crippen LogP contribution >= 0.6 is 0 Å². The molecule has 1 aromatic carbocycles. The van der Waals surface area contributed by atoms with Gasteiger partial charge < -0.3 is 20.1 Å². The predicted octanol–water partition coefficient (Wildman–Crippen LogP) is 1.11. The van der Waals surface area contributed by atoms with Gasteiger partial charge in [-0.25, -0.2) is 0 Å². The van der Waals surface area contributed by atoms with Crippen LogP contribution in [-0.4, -0.2) is 40.5 Å². The second-order valence-corrected chi connectivity index (χ2v) is 3.82. The maximum absolute atomic E-state index is 5.72. The van der Waals surface area contributed by atoms with Gasteiger partial charge in [0.2, 0.25) is 0 Å². The minimum absolute atomic E-state index is 0.0950. The van der Waals surface area contributed by atoms with Crippen molar-refractivity contribution in [2.45, 2.75) is 6.10 Å². The molecule has 0 fully saturated rings. The van der Waals surface area contributed by atoms with Crippen molar-refractivity contribution in [3.8, 4) is 5.75 Å². The van der Waals surface area contributed by atoms with E-state index < -0.39 is 0 Å². The Kier molecular flexibility index (Phi) is 5.08. The van der Waals surface area contributed by atoms with Gasteiger partial charge in [0.1, 0.15) is 11.9 Å². The van der Waals surface area contributed by atoms with Gasteiger partial charge in [0.25, 0.3) is 0 Å². The molecule has 0 aliphatic heterocycles. The van der Waals surface area contributed by atoms with Gasteiger partial charge in [-0.2, -0.15) is 0 Å². The lowest BCUT2D eigenvalue weighted by Crippen LogP contribution is -2.31. The van der Waals surface area contributed by atoms with Crippen LogP contribution in [0.2, 0.25) is 0 Å². The summed E-state index contributed by atoms with van der Waals surface area (Å²) < 4.78 is 10.7. The van der Waals surface area contributed by atoms with E-state index in [9.17, 15) is 0 Å². The number of nitrogens with zero attached hydrogens (tertiary/aromatic N) is 1. The van der Waals surface area contributed by atoms with Gasteiger partial charge in [0.05, 0.1) is 6.61 Å². The molecule has 0 spiro atoms. The second-order valence-electron chi connectivity index (χ2n) is 3.82. The monoisotopic (exact) mass is 224 g/mol. The molecule has 0 aromatic heterocycles. The molecule has 0 bridgehead atoms. The van der Waals surface area contributed by atoms with Gasteiger partial charge in [-0.05, 0) is 12.1 Å². The summed E-state index contributed by atoms with van der Waals surface area (Å²) in [6.07, 6.45) is -0.0950. The number of hydrogen-bond acceptors (Lipinski definition) is 4. The van der Waals surface area contributed by atoms with Crippen LogP contribution in [0, 0.1) is 0 Å². The number of benzene rings is 1. The van der Waals surface area contributed by atoms with Crippen molar-refractivity contribution < 1.29 is 9.47 Å². The van der Waals surface area contributed by atoms with Crippen LogP contribution in [0.1, 0.15) is 0 Å². The third-order valence-electron chi connectivity index (χ3n) is 2.25. The molecule has 0 amide bonds. The Labute approximate surface area is 96.9 Å². The molecule has 1 atom stereocenters. The fourth-order valence-electron chi connectivity index (χ4n) is 1.36. The van der Waals surface area contributed by atoms with Crippen LogP contribution in [0.3, 0.4) is 0 Å². The Hall–Kier alpha value is -1.26. The minimum atomic E-state index is -0.0950. The normalized spacial score (nSPS) is 12.2. The van der Waals surface area contributed by atoms with Crippen molar-refractivity contribution in [3.05, 3.63) is 24.3 Å². The Balaban J connectivity index is 2.68. The number of rotatable bonds is 6. The SMILES string of the molecule is COCC(CN)Oc1cccc(N(C)C)c1. The number of hydrogen-bond donors (Lipinski definition) is 1. The Morgan fingerprint density at radius 2 is 2.12 bits per heavy atom. The summed E-state index contributed by atoms with van der Waals surface area (Å²) in [7, 11) is 5.63. The molecule has 4 nitrogen and oxygen atoms in total. The largest absolute Gasteiger partial charge is 0.487 e. The fourth-order valence-corrected chi connectivity index (χ4v) is 1.36. The van der Waals surface area contributed by atoms with E-state index in [1.54, 1.807) is 7.11 Å². The lowest BCUT2D eigenvalue weighted by atomic mass is 10.3. The van der Waals surface area contributed by atoms with Crippen molar-refractivity contribution in [2.75, 3.05) is 39.3 Å². The fraction of sp³-hybridized carbons (Fsp3) is 0.500. The maximum Gasteiger partial charge on any atom is 0.134 e. The average molecular weight is 224 g/mol. The first-order chi connectivity index (χ1) is 7.67. The minimum Gasteiger partial charge on any atom is -0.487 e. The average Bonchev–Trinajstić information content (AvgIpc) is 2.29. The van der Waals surface area contributed by atoms with E-state index in [-0.39, 0.29) is 6.10 Å². The Bertz CT molecular complexity index is 316. The highest BCUT2D eigenvalue weighted by atomic mass is 16.5. The molecule has 16 heavy (non-hydrogen) atoms. The highest BCUT2D eigenvalue weighted by Crippen LogP contribution is 2.20. The zero-order chi connectivity index (χ0) is 12.0. The number of methoxy groups -OCH3 is 1. The molecular formula is C12H20N2O2. The number of anilines is 1. The quantitative estimate of drug-likeness (QED) is 0.786. The first-order valence-corrected chi connectivity index (χ1v) is 5.30. The van der Waals surface area contributed by atoms with Crippen LogP contribution in [0.15, 0.2) is 24.3 Å². The number of nitrogens with two attached hydrogens (primary N) is 1. The molecule has 1 rings (SSSR count). The van der Waals surface area contributed by atoms with Crippen molar-refractivity contribution in [2.24, 2.45) is 5.73 Å². The summed E-state index contributed by atoms with van der Waals surface area (Å²) in [5.41, 5.74) is 6.69. The summed E-state index contributed by atoms with van der Waals surface area (Å²) in [5.74, 6) is 0.818.